The molecule has 0 spiro atoms. The molecule has 9 heteroatoms. The molecule has 0 aliphatic heterocycles. The summed E-state index contributed by atoms with van der Waals surface area (Å²) in [5, 5.41) is 20.1. The van der Waals surface area contributed by atoms with E-state index in [9.17, 15) is 23.1 Å². The summed E-state index contributed by atoms with van der Waals surface area (Å²) in [4.78, 5) is 11.7. The van der Waals surface area contributed by atoms with Crippen LogP contribution >= 0.6 is 0 Å². The lowest BCUT2D eigenvalue weighted by Gasteiger charge is -2.20. The van der Waals surface area contributed by atoms with Crippen molar-refractivity contribution < 1.29 is 23.1 Å². The van der Waals surface area contributed by atoms with Gasteiger partial charge in [-0.25, -0.2) is 0 Å². The molecule has 6 nitrogen and oxygen atoms in total. The highest BCUT2D eigenvalue weighted by atomic mass is 19.4. The van der Waals surface area contributed by atoms with Gasteiger partial charge in [0.15, 0.2) is 5.82 Å². The van der Waals surface area contributed by atoms with Gasteiger partial charge in [0.05, 0.1) is 17.2 Å². The lowest BCUT2D eigenvalue weighted by atomic mass is 9.87. The van der Waals surface area contributed by atoms with Crippen LogP contribution in [0.4, 0.5) is 13.2 Å². The molecule has 1 N–H and O–H groups in total. The van der Waals surface area contributed by atoms with Crippen LogP contribution in [0, 0.1) is 12.8 Å². The van der Waals surface area contributed by atoms with Crippen molar-refractivity contribution in [1.82, 2.24) is 20.2 Å². The summed E-state index contributed by atoms with van der Waals surface area (Å²) < 4.78 is 41.8. The van der Waals surface area contributed by atoms with Crippen molar-refractivity contribution >= 4 is 5.97 Å². The predicted molar refractivity (Wildman–Crippen MR) is 85.8 cm³/mol. The van der Waals surface area contributed by atoms with Gasteiger partial charge in [-0.3, -0.25) is 4.79 Å². The molecule has 1 aromatic heterocycles. The first kappa shape index (κ1) is 18.3. The number of rotatable bonds is 5. The van der Waals surface area contributed by atoms with Gasteiger partial charge in [-0.1, -0.05) is 31.7 Å². The summed E-state index contributed by atoms with van der Waals surface area (Å²) >= 11 is 0. The van der Waals surface area contributed by atoms with Crippen molar-refractivity contribution in [2.45, 2.75) is 51.1 Å². The minimum Gasteiger partial charge on any atom is -0.481 e. The van der Waals surface area contributed by atoms with E-state index in [1.807, 2.05) is 0 Å². The molecular formula is C17H19F3N4O2. The average Bonchev–Trinajstić information content (AvgIpc) is 3.22. The molecule has 3 rings (SSSR count). The molecule has 1 saturated carbocycles. The second kappa shape index (κ2) is 7.05. The third-order valence-corrected chi connectivity index (χ3v) is 4.92. The molecule has 0 saturated heterocycles. The van der Waals surface area contributed by atoms with Gasteiger partial charge in [0.2, 0.25) is 0 Å². The number of tetrazole rings is 1. The largest absolute Gasteiger partial charge is 0.481 e. The zero-order valence-electron chi connectivity index (χ0n) is 14.2. The van der Waals surface area contributed by atoms with Crippen molar-refractivity contribution in [2.24, 2.45) is 5.92 Å². The highest BCUT2D eigenvalue weighted by molar-refractivity contribution is 5.76. The quantitative estimate of drug-likeness (QED) is 0.870. The van der Waals surface area contributed by atoms with Crippen LogP contribution in [0.3, 0.4) is 0 Å². The van der Waals surface area contributed by atoms with Gasteiger partial charge in [0, 0.05) is 0 Å². The SMILES string of the molecule is Cc1nnnn1-c1ccc(C(CC2CCCC2)C(=O)O)cc1C(F)(F)F. The highest BCUT2D eigenvalue weighted by Gasteiger charge is 2.36. The Balaban J connectivity index is 2.02. The van der Waals surface area contributed by atoms with Crippen molar-refractivity contribution in [3.8, 4) is 5.69 Å². The number of hydrogen-bond acceptors (Lipinski definition) is 4. The lowest BCUT2D eigenvalue weighted by Crippen LogP contribution is -2.18. The van der Waals surface area contributed by atoms with E-state index in [0.29, 0.717) is 6.42 Å². The fourth-order valence-corrected chi connectivity index (χ4v) is 3.60. The van der Waals surface area contributed by atoms with Crippen molar-refractivity contribution in [2.75, 3.05) is 0 Å². The molecule has 1 aliphatic rings. The van der Waals surface area contributed by atoms with Gasteiger partial charge in [0.25, 0.3) is 0 Å². The highest BCUT2D eigenvalue weighted by Crippen LogP contribution is 2.39. The van der Waals surface area contributed by atoms with Crippen LogP contribution in [0.1, 0.15) is 55.0 Å². The number of halogens is 3. The summed E-state index contributed by atoms with van der Waals surface area (Å²) in [6, 6.07) is 3.59. The number of alkyl halides is 3. The second-order valence-corrected chi connectivity index (χ2v) is 6.69. The Labute approximate surface area is 148 Å². The molecule has 1 heterocycles. The molecule has 0 radical (unpaired) electrons. The number of aryl methyl sites for hydroxylation is 1. The van der Waals surface area contributed by atoms with Crippen molar-refractivity contribution in [3.05, 3.63) is 35.2 Å². The zero-order valence-corrected chi connectivity index (χ0v) is 14.2. The Kier molecular flexibility index (Phi) is 4.97. The molecule has 1 aromatic carbocycles. The number of aromatic nitrogens is 4. The summed E-state index contributed by atoms with van der Waals surface area (Å²) in [7, 11) is 0. The summed E-state index contributed by atoms with van der Waals surface area (Å²) in [5.74, 6) is -1.60. The number of carbonyl (C=O) groups is 1. The molecule has 1 fully saturated rings. The molecule has 26 heavy (non-hydrogen) atoms. The monoisotopic (exact) mass is 368 g/mol. The van der Waals surface area contributed by atoms with Gasteiger partial charge >= 0.3 is 12.1 Å². The Hall–Kier alpha value is -2.45. The number of nitrogens with zero attached hydrogens (tertiary/aromatic N) is 4. The maximum atomic E-state index is 13.6. The van der Waals surface area contributed by atoms with E-state index >= 15 is 0 Å². The molecule has 0 bridgehead atoms. The van der Waals surface area contributed by atoms with Crippen LogP contribution in [0.25, 0.3) is 5.69 Å². The fraction of sp³-hybridized carbons (Fsp3) is 0.529. The Morgan fingerprint density at radius 1 is 1.35 bits per heavy atom. The first-order valence-corrected chi connectivity index (χ1v) is 8.46. The first-order chi connectivity index (χ1) is 12.3. The smallest absolute Gasteiger partial charge is 0.418 e. The molecule has 1 unspecified atom stereocenters. The predicted octanol–water partition coefficient (Wildman–Crippen LogP) is 3.74. The van der Waals surface area contributed by atoms with Gasteiger partial charge < -0.3 is 5.11 Å². The maximum Gasteiger partial charge on any atom is 0.418 e. The van der Waals surface area contributed by atoms with E-state index in [-0.39, 0.29) is 23.0 Å². The topological polar surface area (TPSA) is 80.9 Å². The second-order valence-electron chi connectivity index (χ2n) is 6.69. The molecule has 1 aliphatic carbocycles. The van der Waals surface area contributed by atoms with Crippen LogP contribution in [0.2, 0.25) is 0 Å². The summed E-state index contributed by atoms with van der Waals surface area (Å²) in [5.41, 5.74) is -0.997. The fourth-order valence-electron chi connectivity index (χ4n) is 3.60. The molecular weight excluding hydrogens is 349 g/mol. The van der Waals surface area contributed by atoms with Gasteiger partial charge in [-0.2, -0.15) is 17.9 Å². The minimum absolute atomic E-state index is 0.159. The lowest BCUT2D eigenvalue weighted by molar-refractivity contribution is -0.140. The molecule has 1 atom stereocenters. The number of aliphatic carboxylic acids is 1. The normalized spacial score (nSPS) is 16.8. The number of carboxylic acids is 1. The van der Waals surface area contributed by atoms with E-state index in [0.717, 1.165) is 36.4 Å². The molecule has 2 aromatic rings. The number of carboxylic acid groups (broad SMARTS) is 1. The molecule has 140 valence electrons. The molecule has 0 amide bonds. The van der Waals surface area contributed by atoms with Crippen molar-refractivity contribution in [1.29, 1.82) is 0 Å². The maximum absolute atomic E-state index is 13.6. The average molecular weight is 368 g/mol. The van der Waals surface area contributed by atoms with Crippen LogP contribution in [-0.2, 0) is 11.0 Å². The standard InChI is InChI=1S/C17H19F3N4O2/c1-10-21-22-23-24(10)15-7-6-12(9-14(15)17(18,19)20)13(16(25)26)8-11-4-2-3-5-11/h6-7,9,11,13H,2-5,8H2,1H3,(H,25,26). The Morgan fingerprint density at radius 3 is 2.58 bits per heavy atom. The van der Waals surface area contributed by atoms with E-state index in [2.05, 4.69) is 15.5 Å². The van der Waals surface area contributed by atoms with E-state index < -0.39 is 23.6 Å². The van der Waals surface area contributed by atoms with E-state index in [4.69, 9.17) is 0 Å². The third-order valence-electron chi connectivity index (χ3n) is 4.92. The first-order valence-electron chi connectivity index (χ1n) is 8.46. The summed E-state index contributed by atoms with van der Waals surface area (Å²) in [6.45, 7) is 1.49. The van der Waals surface area contributed by atoms with Crippen LogP contribution in [0.5, 0.6) is 0 Å². The van der Waals surface area contributed by atoms with Gasteiger partial charge in [-0.15, -0.1) is 5.10 Å². The van der Waals surface area contributed by atoms with E-state index in [1.165, 1.54) is 19.1 Å². The number of benzene rings is 1. The minimum atomic E-state index is -4.65. The van der Waals surface area contributed by atoms with Crippen molar-refractivity contribution in [3.63, 3.8) is 0 Å². The Morgan fingerprint density at radius 2 is 2.04 bits per heavy atom. The number of hydrogen-bond donors (Lipinski definition) is 1. The third kappa shape index (κ3) is 3.71. The van der Waals surface area contributed by atoms with Crippen LogP contribution < -0.4 is 0 Å². The summed E-state index contributed by atoms with van der Waals surface area (Å²) in [6.07, 6.45) is -0.351. The Bertz CT molecular complexity index is 798. The van der Waals surface area contributed by atoms with Crippen LogP contribution in [-0.4, -0.2) is 31.3 Å². The van der Waals surface area contributed by atoms with Gasteiger partial charge in [0.1, 0.15) is 0 Å². The van der Waals surface area contributed by atoms with Gasteiger partial charge in [-0.05, 0) is 47.4 Å². The van der Waals surface area contributed by atoms with E-state index in [1.54, 1.807) is 0 Å². The van der Waals surface area contributed by atoms with Crippen LogP contribution in [0.15, 0.2) is 18.2 Å². The zero-order chi connectivity index (χ0) is 18.9.